The summed E-state index contributed by atoms with van der Waals surface area (Å²) in [7, 11) is 0. The normalized spacial score (nSPS) is 21.2. The van der Waals surface area contributed by atoms with Crippen LogP contribution >= 0.6 is 0 Å². The van der Waals surface area contributed by atoms with Gasteiger partial charge in [-0.15, -0.1) is 0 Å². The van der Waals surface area contributed by atoms with Gasteiger partial charge in [-0.3, -0.25) is 9.59 Å². The number of rotatable bonds is 6. The van der Waals surface area contributed by atoms with E-state index in [0.29, 0.717) is 25.8 Å². The van der Waals surface area contributed by atoms with Crippen LogP contribution in [0.15, 0.2) is 0 Å². The molecule has 4 N–H and O–H groups in total. The van der Waals surface area contributed by atoms with Crippen molar-refractivity contribution in [3.63, 3.8) is 0 Å². The zero-order chi connectivity index (χ0) is 16.2. The van der Waals surface area contributed by atoms with Crippen molar-refractivity contribution in [2.24, 2.45) is 11.7 Å². The molecule has 0 spiro atoms. The Morgan fingerprint density at radius 2 is 1.95 bits per heavy atom. The van der Waals surface area contributed by atoms with Gasteiger partial charge in [0.05, 0.1) is 6.04 Å². The molecule has 1 heterocycles. The molecule has 1 aliphatic heterocycles. The number of nitrogens with two attached hydrogens (primary N) is 1. The Morgan fingerprint density at radius 1 is 1.33 bits per heavy atom. The van der Waals surface area contributed by atoms with Crippen molar-refractivity contribution in [1.82, 2.24) is 10.2 Å². The number of carbonyl (C=O) groups is 3. The monoisotopic (exact) mass is 299 g/mol. The molecule has 2 amide bonds. The molecule has 7 nitrogen and oxygen atoms in total. The van der Waals surface area contributed by atoms with Gasteiger partial charge >= 0.3 is 5.97 Å². The first-order valence-corrected chi connectivity index (χ1v) is 7.33. The lowest BCUT2D eigenvalue weighted by atomic mass is 10.0. The Morgan fingerprint density at radius 3 is 2.43 bits per heavy atom. The molecule has 1 aliphatic rings. The SMILES string of the molecule is CC(C)C[C@H](NC(=O)[C@H](C)N)C(=O)N1CCC[C@@H]1C(=O)O. The number of nitrogens with zero attached hydrogens (tertiary/aromatic N) is 1. The largest absolute Gasteiger partial charge is 0.480 e. The maximum atomic E-state index is 12.6. The van der Waals surface area contributed by atoms with Crippen LogP contribution in [0.25, 0.3) is 0 Å². The van der Waals surface area contributed by atoms with E-state index in [1.54, 1.807) is 6.92 Å². The lowest BCUT2D eigenvalue weighted by molar-refractivity contribution is -0.149. The van der Waals surface area contributed by atoms with Crippen LogP contribution < -0.4 is 11.1 Å². The molecule has 1 fully saturated rings. The molecule has 21 heavy (non-hydrogen) atoms. The first-order chi connectivity index (χ1) is 9.73. The van der Waals surface area contributed by atoms with Gasteiger partial charge in [0, 0.05) is 6.54 Å². The molecule has 1 rings (SSSR count). The molecule has 0 unspecified atom stereocenters. The standard InChI is InChI=1S/C14H25N3O4/c1-8(2)7-10(16-12(18)9(3)15)13(19)17-6-4-5-11(17)14(20)21/h8-11H,4-7,15H2,1-3H3,(H,16,18)(H,20,21)/t9-,10-,11+/m0/s1. The second kappa shape index (κ2) is 7.40. The van der Waals surface area contributed by atoms with E-state index in [1.807, 2.05) is 13.8 Å². The van der Waals surface area contributed by atoms with Crippen LogP contribution in [0.5, 0.6) is 0 Å². The van der Waals surface area contributed by atoms with Crippen LogP contribution in [0.2, 0.25) is 0 Å². The predicted octanol–water partition coefficient (Wildman–Crippen LogP) is -0.0599. The number of hydrogen-bond acceptors (Lipinski definition) is 4. The number of carboxylic acids is 1. The smallest absolute Gasteiger partial charge is 0.326 e. The number of likely N-dealkylation sites (tertiary alicyclic amines) is 1. The van der Waals surface area contributed by atoms with Crippen molar-refractivity contribution < 1.29 is 19.5 Å². The van der Waals surface area contributed by atoms with E-state index in [0.717, 1.165) is 0 Å². The van der Waals surface area contributed by atoms with Crippen LogP contribution in [-0.2, 0) is 14.4 Å². The van der Waals surface area contributed by atoms with Crippen molar-refractivity contribution in [2.45, 2.75) is 58.2 Å². The molecular weight excluding hydrogens is 274 g/mol. The van der Waals surface area contributed by atoms with Crippen molar-refractivity contribution in [1.29, 1.82) is 0 Å². The van der Waals surface area contributed by atoms with E-state index in [1.165, 1.54) is 4.90 Å². The highest BCUT2D eigenvalue weighted by atomic mass is 16.4. The van der Waals surface area contributed by atoms with Gasteiger partial charge in [-0.25, -0.2) is 4.79 Å². The van der Waals surface area contributed by atoms with E-state index in [4.69, 9.17) is 10.8 Å². The molecule has 0 aromatic heterocycles. The average Bonchev–Trinajstić information content (AvgIpc) is 2.85. The highest BCUT2D eigenvalue weighted by Crippen LogP contribution is 2.20. The van der Waals surface area contributed by atoms with Crippen LogP contribution in [0.3, 0.4) is 0 Å². The molecule has 0 aromatic rings. The Kier molecular flexibility index (Phi) is 6.14. The van der Waals surface area contributed by atoms with Crippen molar-refractivity contribution in [3.05, 3.63) is 0 Å². The minimum Gasteiger partial charge on any atom is -0.480 e. The van der Waals surface area contributed by atoms with E-state index in [9.17, 15) is 14.4 Å². The van der Waals surface area contributed by atoms with Gasteiger partial charge in [0.25, 0.3) is 0 Å². The first kappa shape index (κ1) is 17.4. The molecule has 0 saturated carbocycles. The van der Waals surface area contributed by atoms with Crippen LogP contribution in [0, 0.1) is 5.92 Å². The van der Waals surface area contributed by atoms with E-state index < -0.39 is 30.0 Å². The summed E-state index contributed by atoms with van der Waals surface area (Å²) < 4.78 is 0. The van der Waals surface area contributed by atoms with Crippen LogP contribution in [0.1, 0.15) is 40.0 Å². The van der Waals surface area contributed by atoms with Gasteiger partial charge in [0.1, 0.15) is 12.1 Å². The highest BCUT2D eigenvalue weighted by molar-refractivity contribution is 5.92. The topological polar surface area (TPSA) is 113 Å². The maximum Gasteiger partial charge on any atom is 0.326 e. The first-order valence-electron chi connectivity index (χ1n) is 7.33. The molecule has 120 valence electrons. The third-order valence-electron chi connectivity index (χ3n) is 3.56. The van der Waals surface area contributed by atoms with Crippen molar-refractivity contribution >= 4 is 17.8 Å². The summed E-state index contributed by atoms with van der Waals surface area (Å²) in [5.74, 6) is -1.54. The third-order valence-corrected chi connectivity index (χ3v) is 3.56. The van der Waals surface area contributed by atoms with Crippen LogP contribution in [-0.4, -0.2) is 52.5 Å². The Hall–Kier alpha value is -1.63. The molecule has 0 aliphatic carbocycles. The summed E-state index contributed by atoms with van der Waals surface area (Å²) in [6.45, 7) is 5.84. The van der Waals surface area contributed by atoms with Gasteiger partial charge in [0.15, 0.2) is 0 Å². The molecule has 0 radical (unpaired) electrons. The highest BCUT2D eigenvalue weighted by Gasteiger charge is 2.37. The number of hydrogen-bond donors (Lipinski definition) is 3. The Bertz CT molecular complexity index is 409. The summed E-state index contributed by atoms with van der Waals surface area (Å²) in [4.78, 5) is 36.9. The number of carbonyl (C=O) groups excluding carboxylic acids is 2. The van der Waals surface area contributed by atoms with Gasteiger partial charge in [-0.1, -0.05) is 13.8 Å². The molecule has 3 atom stereocenters. The summed E-state index contributed by atoms with van der Waals surface area (Å²) in [5, 5.41) is 11.8. The molecule has 1 saturated heterocycles. The third kappa shape index (κ3) is 4.70. The van der Waals surface area contributed by atoms with E-state index in [2.05, 4.69) is 5.32 Å². The Balaban J connectivity index is 2.84. The molecule has 0 bridgehead atoms. The lowest BCUT2D eigenvalue weighted by Crippen LogP contribution is -2.54. The van der Waals surface area contributed by atoms with E-state index >= 15 is 0 Å². The van der Waals surface area contributed by atoms with Gasteiger partial charge in [-0.2, -0.15) is 0 Å². The summed E-state index contributed by atoms with van der Waals surface area (Å²) in [6, 6.07) is -2.22. The number of carboxylic acid groups (broad SMARTS) is 1. The number of nitrogens with one attached hydrogen (secondary N) is 1. The fourth-order valence-electron chi connectivity index (χ4n) is 2.48. The Labute approximate surface area is 124 Å². The number of amides is 2. The predicted molar refractivity (Wildman–Crippen MR) is 77.4 cm³/mol. The van der Waals surface area contributed by atoms with Crippen LogP contribution in [0.4, 0.5) is 0 Å². The summed E-state index contributed by atoms with van der Waals surface area (Å²) >= 11 is 0. The quantitative estimate of drug-likeness (QED) is 0.636. The minimum absolute atomic E-state index is 0.193. The molecule has 7 heteroatoms. The second-order valence-electron chi connectivity index (χ2n) is 6.01. The fourth-order valence-corrected chi connectivity index (χ4v) is 2.48. The molecule has 0 aromatic carbocycles. The van der Waals surface area contributed by atoms with E-state index in [-0.39, 0.29) is 11.8 Å². The van der Waals surface area contributed by atoms with Crippen molar-refractivity contribution in [3.8, 4) is 0 Å². The minimum atomic E-state index is -0.998. The van der Waals surface area contributed by atoms with Gasteiger partial charge in [-0.05, 0) is 32.1 Å². The number of aliphatic carboxylic acids is 1. The molecular formula is C14H25N3O4. The van der Waals surface area contributed by atoms with Gasteiger partial charge in [0.2, 0.25) is 11.8 Å². The lowest BCUT2D eigenvalue weighted by Gasteiger charge is -2.28. The average molecular weight is 299 g/mol. The maximum absolute atomic E-state index is 12.6. The fraction of sp³-hybridized carbons (Fsp3) is 0.786. The van der Waals surface area contributed by atoms with Gasteiger partial charge < -0.3 is 21.1 Å². The second-order valence-corrected chi connectivity index (χ2v) is 6.01. The summed E-state index contributed by atoms with van der Waals surface area (Å²) in [6.07, 6.45) is 1.58. The zero-order valence-electron chi connectivity index (χ0n) is 12.8. The summed E-state index contributed by atoms with van der Waals surface area (Å²) in [5.41, 5.74) is 5.51. The zero-order valence-corrected chi connectivity index (χ0v) is 12.8. The van der Waals surface area contributed by atoms with Crippen molar-refractivity contribution in [2.75, 3.05) is 6.54 Å².